The molecule has 0 spiro atoms. The highest BCUT2D eigenvalue weighted by atomic mass is 16.5. The van der Waals surface area contributed by atoms with Gasteiger partial charge in [0.15, 0.2) is 0 Å². The molecule has 0 fully saturated rings. The number of nitrogens with zero attached hydrogens (tertiary/aromatic N) is 3. The number of H-pyrrole nitrogens is 1. The summed E-state index contributed by atoms with van der Waals surface area (Å²) < 4.78 is 6.02. The largest absolute Gasteiger partial charge is 0.487 e. The van der Waals surface area contributed by atoms with Gasteiger partial charge < -0.3 is 25.5 Å². The molecule has 9 heteroatoms. The van der Waals surface area contributed by atoms with Gasteiger partial charge in [-0.3, -0.25) is 4.79 Å². The van der Waals surface area contributed by atoms with E-state index in [0.29, 0.717) is 37.5 Å². The number of anilines is 1. The summed E-state index contributed by atoms with van der Waals surface area (Å²) in [5.74, 6) is 0.562. The number of pyridine rings is 1. The van der Waals surface area contributed by atoms with E-state index in [2.05, 4.69) is 37.8 Å². The Labute approximate surface area is 249 Å². The van der Waals surface area contributed by atoms with E-state index in [0.717, 1.165) is 39.7 Å². The lowest BCUT2D eigenvalue weighted by molar-refractivity contribution is 0.176. The molecule has 0 aliphatic heterocycles. The summed E-state index contributed by atoms with van der Waals surface area (Å²) in [5, 5.41) is 22.4. The number of ether oxygens (including phenoxy) is 1. The fourth-order valence-corrected chi connectivity index (χ4v) is 4.94. The van der Waals surface area contributed by atoms with Crippen LogP contribution in [0, 0.1) is 0 Å². The minimum atomic E-state index is -0.767. The lowest BCUT2D eigenvalue weighted by Crippen LogP contribution is -2.24. The zero-order valence-corrected chi connectivity index (χ0v) is 23.7. The maximum atomic E-state index is 12.1. The van der Waals surface area contributed by atoms with Crippen LogP contribution in [0.3, 0.4) is 0 Å². The van der Waals surface area contributed by atoms with E-state index in [-0.39, 0.29) is 11.6 Å². The fraction of sp³-hybridized carbons (Fsp3) is 0.206. The Hall–Kier alpha value is -5.08. The monoisotopic (exact) mass is 574 g/mol. The van der Waals surface area contributed by atoms with Crippen LogP contribution < -0.4 is 20.9 Å². The highest BCUT2D eigenvalue weighted by Gasteiger charge is 2.15. The van der Waals surface area contributed by atoms with E-state index >= 15 is 0 Å². The first-order valence-corrected chi connectivity index (χ1v) is 14.2. The molecule has 2 atom stereocenters. The lowest BCUT2D eigenvalue weighted by Gasteiger charge is -2.17. The molecule has 0 aliphatic carbocycles. The van der Waals surface area contributed by atoms with E-state index < -0.39 is 6.10 Å². The predicted octanol–water partition coefficient (Wildman–Crippen LogP) is 6.44. The van der Waals surface area contributed by atoms with E-state index in [1.54, 1.807) is 12.1 Å². The Bertz CT molecular complexity index is 1720. The molecule has 0 aliphatic rings. The van der Waals surface area contributed by atoms with Crippen LogP contribution in [-0.2, 0) is 13.0 Å². The highest BCUT2D eigenvalue weighted by Crippen LogP contribution is 2.30. The van der Waals surface area contributed by atoms with Crippen molar-refractivity contribution in [3.8, 4) is 5.75 Å². The number of fused-ring (bicyclic) bond motifs is 1. The van der Waals surface area contributed by atoms with Gasteiger partial charge in [-0.2, -0.15) is 0 Å². The van der Waals surface area contributed by atoms with Crippen molar-refractivity contribution in [3.05, 3.63) is 152 Å². The number of azide groups is 1. The van der Waals surface area contributed by atoms with E-state index in [1.165, 1.54) is 6.07 Å². The number of nitrogens with one attached hydrogen (secondary N) is 3. The molecule has 5 aromatic rings. The van der Waals surface area contributed by atoms with Gasteiger partial charge in [0.05, 0.1) is 17.7 Å². The van der Waals surface area contributed by atoms with Crippen LogP contribution in [0.5, 0.6) is 5.75 Å². The number of aromatic nitrogens is 1. The summed E-state index contributed by atoms with van der Waals surface area (Å²) >= 11 is 0. The van der Waals surface area contributed by atoms with Gasteiger partial charge in [0.2, 0.25) is 5.56 Å². The Morgan fingerprint density at radius 2 is 1.60 bits per heavy atom. The Balaban J connectivity index is 1.13. The van der Waals surface area contributed by atoms with Crippen molar-refractivity contribution in [2.75, 3.05) is 25.0 Å². The topological polar surface area (TPSA) is 135 Å². The second kappa shape index (κ2) is 14.7. The van der Waals surface area contributed by atoms with E-state index in [9.17, 15) is 9.90 Å². The molecule has 0 radical (unpaired) electrons. The van der Waals surface area contributed by atoms with Crippen LogP contribution in [0.15, 0.2) is 119 Å². The minimum Gasteiger partial charge on any atom is -0.487 e. The van der Waals surface area contributed by atoms with Gasteiger partial charge in [0.1, 0.15) is 12.4 Å². The van der Waals surface area contributed by atoms with E-state index in [1.807, 2.05) is 78.9 Å². The van der Waals surface area contributed by atoms with Gasteiger partial charge in [-0.05, 0) is 65.0 Å². The van der Waals surface area contributed by atoms with Crippen molar-refractivity contribution in [2.24, 2.45) is 5.11 Å². The number of aliphatic hydroxyl groups excluding tert-OH is 1. The Morgan fingerprint density at radius 3 is 2.35 bits per heavy atom. The third-order valence-electron chi connectivity index (χ3n) is 7.24. The minimum absolute atomic E-state index is 0.227. The maximum Gasteiger partial charge on any atom is 0.248 e. The van der Waals surface area contributed by atoms with Gasteiger partial charge in [-0.25, -0.2) is 0 Å². The van der Waals surface area contributed by atoms with Gasteiger partial charge in [-0.1, -0.05) is 84.0 Å². The van der Waals surface area contributed by atoms with Crippen LogP contribution in [0.4, 0.5) is 5.69 Å². The Morgan fingerprint density at radius 1 is 0.860 bits per heavy atom. The van der Waals surface area contributed by atoms with Crippen LogP contribution in [-0.4, -0.2) is 29.7 Å². The summed E-state index contributed by atoms with van der Waals surface area (Å²) in [6.07, 6.45) is 0.0235. The van der Waals surface area contributed by atoms with Crippen LogP contribution >= 0.6 is 0 Å². The molecule has 5 rings (SSSR count). The molecule has 218 valence electrons. The second-order valence-electron chi connectivity index (χ2n) is 10.2. The average molecular weight is 575 g/mol. The number of benzene rings is 4. The molecule has 0 saturated heterocycles. The standard InChI is InChI=1S/C34H34N6O3/c35-40-39-30(26-9-5-2-6-10-26)21-37-27-13-11-24(12-14-27)19-20-36-22-31(41)28-15-17-32(34-29(28)16-18-33(42)38-34)43-23-25-7-3-1-4-8-25/h1-18,30-31,36-37,41H,19-23H2,(H,38,42)/t30-,31-/m0/s1. The number of aliphatic hydroxyl groups is 1. The first kappa shape index (κ1) is 29.4. The van der Waals surface area contributed by atoms with Crippen molar-refractivity contribution in [3.63, 3.8) is 0 Å². The molecule has 0 bridgehead atoms. The summed E-state index contributed by atoms with van der Waals surface area (Å²) in [5.41, 5.74) is 14.1. The molecular weight excluding hydrogens is 540 g/mol. The van der Waals surface area contributed by atoms with Crippen molar-refractivity contribution < 1.29 is 9.84 Å². The van der Waals surface area contributed by atoms with E-state index in [4.69, 9.17) is 10.3 Å². The highest BCUT2D eigenvalue weighted by molar-refractivity contribution is 5.87. The SMILES string of the molecule is [N-]=[N+]=N[C@@H](CNc1ccc(CCNC[C@H](O)c2ccc(OCc3ccccc3)c3[nH]c(=O)ccc23)cc1)c1ccccc1. The molecule has 1 aromatic heterocycles. The third-order valence-corrected chi connectivity index (χ3v) is 7.24. The molecular formula is C34H34N6O3. The zero-order valence-electron chi connectivity index (χ0n) is 23.7. The second-order valence-corrected chi connectivity index (χ2v) is 10.2. The molecule has 0 saturated carbocycles. The number of hydrogen-bond acceptors (Lipinski definition) is 6. The predicted molar refractivity (Wildman–Crippen MR) is 170 cm³/mol. The van der Waals surface area contributed by atoms with Crippen molar-refractivity contribution >= 4 is 16.6 Å². The van der Waals surface area contributed by atoms with Gasteiger partial charge in [0.25, 0.3) is 0 Å². The smallest absolute Gasteiger partial charge is 0.248 e. The molecule has 4 N–H and O–H groups in total. The van der Waals surface area contributed by atoms with Crippen LogP contribution in [0.1, 0.15) is 34.4 Å². The summed E-state index contributed by atoms with van der Waals surface area (Å²) in [6.45, 7) is 1.91. The Kier molecular flexibility index (Phi) is 10.1. The molecule has 9 nitrogen and oxygen atoms in total. The average Bonchev–Trinajstić information content (AvgIpc) is 3.05. The summed E-state index contributed by atoms with van der Waals surface area (Å²) in [7, 11) is 0. The quantitative estimate of drug-likeness (QED) is 0.0524. The van der Waals surface area contributed by atoms with Crippen molar-refractivity contribution in [2.45, 2.75) is 25.2 Å². The fourth-order valence-electron chi connectivity index (χ4n) is 4.94. The first-order chi connectivity index (χ1) is 21.1. The summed E-state index contributed by atoms with van der Waals surface area (Å²) in [6, 6.07) is 34.2. The molecule has 43 heavy (non-hydrogen) atoms. The molecule has 1 heterocycles. The van der Waals surface area contributed by atoms with Gasteiger partial charge in [-0.15, -0.1) is 0 Å². The number of hydrogen-bond donors (Lipinski definition) is 4. The first-order valence-electron chi connectivity index (χ1n) is 14.2. The molecule has 4 aromatic carbocycles. The zero-order chi connectivity index (χ0) is 29.9. The molecule has 0 unspecified atom stereocenters. The van der Waals surface area contributed by atoms with Crippen LogP contribution in [0.25, 0.3) is 21.3 Å². The maximum absolute atomic E-state index is 12.1. The van der Waals surface area contributed by atoms with Gasteiger partial charge in [0, 0.05) is 35.1 Å². The lowest BCUT2D eigenvalue weighted by atomic mass is 10.0. The van der Waals surface area contributed by atoms with Crippen LogP contribution in [0.2, 0.25) is 0 Å². The van der Waals surface area contributed by atoms with Gasteiger partial charge >= 0.3 is 0 Å². The van der Waals surface area contributed by atoms with Crippen molar-refractivity contribution in [1.29, 1.82) is 0 Å². The number of rotatable bonds is 14. The number of aromatic amines is 1. The normalized spacial score (nSPS) is 12.3. The summed E-state index contributed by atoms with van der Waals surface area (Å²) in [4.78, 5) is 18.0. The molecule has 0 amide bonds. The van der Waals surface area contributed by atoms with Crippen molar-refractivity contribution in [1.82, 2.24) is 10.3 Å². The third kappa shape index (κ3) is 8.02.